The summed E-state index contributed by atoms with van der Waals surface area (Å²) in [5, 5.41) is -0.439. The highest BCUT2D eigenvalue weighted by atomic mass is 35.5. The Morgan fingerprint density at radius 3 is 1.88 bits per heavy atom. The summed E-state index contributed by atoms with van der Waals surface area (Å²) in [4.78, 5) is 0. The van der Waals surface area contributed by atoms with Crippen LogP contribution in [0.15, 0.2) is 12.1 Å². The average molecular weight is 278 g/mol. The summed E-state index contributed by atoms with van der Waals surface area (Å²) in [5.74, 6) is 0. The van der Waals surface area contributed by atoms with Gasteiger partial charge in [0.05, 0.1) is 11.1 Å². The van der Waals surface area contributed by atoms with Crippen LogP contribution in [-0.4, -0.2) is 0 Å². The van der Waals surface area contributed by atoms with E-state index >= 15 is 0 Å². The average Bonchev–Trinajstić information content (AvgIpc) is 2.12. The zero-order chi connectivity index (χ0) is 13.4. The van der Waals surface area contributed by atoms with Gasteiger partial charge in [0.1, 0.15) is 0 Å². The van der Waals surface area contributed by atoms with Gasteiger partial charge in [-0.25, -0.2) is 0 Å². The second-order valence-corrected chi connectivity index (χ2v) is 3.62. The minimum atomic E-state index is -5.14. The van der Waals surface area contributed by atoms with E-state index in [2.05, 4.69) is 0 Å². The first kappa shape index (κ1) is 14.1. The van der Waals surface area contributed by atoms with Crippen molar-refractivity contribution in [1.29, 1.82) is 0 Å². The van der Waals surface area contributed by atoms with Crippen molar-refractivity contribution in [2.75, 3.05) is 0 Å². The molecule has 0 spiro atoms. The third-order valence-electron chi connectivity index (χ3n) is 1.99. The van der Waals surface area contributed by atoms with Gasteiger partial charge in [-0.3, -0.25) is 0 Å². The quantitative estimate of drug-likeness (QED) is 0.776. The smallest absolute Gasteiger partial charge is 0.326 e. The molecule has 2 N–H and O–H groups in total. The molecule has 0 radical (unpaired) electrons. The van der Waals surface area contributed by atoms with E-state index in [0.29, 0.717) is 0 Å². The molecule has 0 aliphatic rings. The van der Waals surface area contributed by atoms with E-state index in [1.165, 1.54) is 0 Å². The van der Waals surface area contributed by atoms with Crippen molar-refractivity contribution in [3.8, 4) is 0 Å². The van der Waals surface area contributed by atoms with Gasteiger partial charge in [0, 0.05) is 11.6 Å². The van der Waals surface area contributed by atoms with E-state index < -0.39 is 40.6 Å². The molecule has 0 aliphatic carbocycles. The van der Waals surface area contributed by atoms with Gasteiger partial charge in [0.15, 0.2) is 0 Å². The second-order valence-electron chi connectivity index (χ2n) is 3.19. The zero-order valence-corrected chi connectivity index (χ0v) is 8.84. The van der Waals surface area contributed by atoms with Crippen LogP contribution in [0.4, 0.5) is 26.3 Å². The maximum atomic E-state index is 12.6. The number of benzene rings is 1. The number of hydrogen-bond acceptors (Lipinski definition) is 1. The van der Waals surface area contributed by atoms with Crippen LogP contribution in [0.2, 0.25) is 5.02 Å². The molecule has 0 fully saturated rings. The molecule has 0 aromatic heterocycles. The molecule has 1 aromatic carbocycles. The largest absolute Gasteiger partial charge is 0.417 e. The second kappa shape index (κ2) is 4.38. The number of hydrogen-bond donors (Lipinski definition) is 1. The Bertz CT molecular complexity index is 423. The van der Waals surface area contributed by atoms with Crippen LogP contribution in [0.3, 0.4) is 0 Å². The maximum Gasteiger partial charge on any atom is 0.417 e. The van der Waals surface area contributed by atoms with E-state index in [1.54, 1.807) is 0 Å². The summed E-state index contributed by atoms with van der Waals surface area (Å²) in [6.07, 6.45) is -10.3. The lowest BCUT2D eigenvalue weighted by Gasteiger charge is -2.19. The van der Waals surface area contributed by atoms with Gasteiger partial charge < -0.3 is 5.73 Å². The maximum absolute atomic E-state index is 12.6. The molecule has 0 heterocycles. The normalized spacial score (nSPS) is 12.9. The number of rotatable bonds is 1. The van der Waals surface area contributed by atoms with Crippen LogP contribution in [0, 0.1) is 0 Å². The molecule has 1 rings (SSSR count). The Labute approximate surface area is 97.2 Å². The summed E-state index contributed by atoms with van der Waals surface area (Å²) in [6.45, 7) is -0.682. The fourth-order valence-corrected chi connectivity index (χ4v) is 1.62. The Hall–Kier alpha value is -0.950. The summed E-state index contributed by atoms with van der Waals surface area (Å²) in [5.41, 5.74) is 0.717. The summed E-state index contributed by atoms with van der Waals surface area (Å²) >= 11 is 5.33. The molecular weight excluding hydrogens is 272 g/mol. The zero-order valence-electron chi connectivity index (χ0n) is 8.08. The molecular formula is C9H6ClF6N. The standard InChI is InChI=1S/C9H6ClF6N/c10-5-1-4(3-17)7(9(14,15)16)6(2-5)8(11,12)13/h1-2H,3,17H2. The van der Waals surface area contributed by atoms with Crippen LogP contribution in [0.1, 0.15) is 16.7 Å². The third kappa shape index (κ3) is 3.04. The first-order valence-corrected chi connectivity index (χ1v) is 4.62. The lowest BCUT2D eigenvalue weighted by Crippen LogP contribution is -2.20. The van der Waals surface area contributed by atoms with Crippen molar-refractivity contribution >= 4 is 11.6 Å². The molecule has 0 saturated carbocycles. The summed E-state index contributed by atoms with van der Waals surface area (Å²) < 4.78 is 75.1. The van der Waals surface area contributed by atoms with E-state index in [4.69, 9.17) is 17.3 Å². The third-order valence-corrected chi connectivity index (χ3v) is 2.21. The van der Waals surface area contributed by atoms with Crippen LogP contribution >= 0.6 is 11.6 Å². The molecule has 0 unspecified atom stereocenters. The molecule has 0 saturated heterocycles. The fraction of sp³-hybridized carbons (Fsp3) is 0.333. The van der Waals surface area contributed by atoms with Gasteiger partial charge in [-0.2, -0.15) is 26.3 Å². The Kier molecular flexibility index (Phi) is 3.63. The molecule has 1 aromatic rings. The molecule has 96 valence electrons. The Morgan fingerprint density at radius 1 is 1.00 bits per heavy atom. The first-order valence-electron chi connectivity index (χ1n) is 4.24. The van der Waals surface area contributed by atoms with Crippen LogP contribution < -0.4 is 5.73 Å². The monoisotopic (exact) mass is 277 g/mol. The van der Waals surface area contributed by atoms with E-state index in [9.17, 15) is 26.3 Å². The van der Waals surface area contributed by atoms with E-state index in [-0.39, 0.29) is 6.07 Å². The first-order chi connectivity index (χ1) is 7.57. The van der Waals surface area contributed by atoms with Crippen LogP contribution in [0.5, 0.6) is 0 Å². The molecule has 8 heteroatoms. The molecule has 0 aliphatic heterocycles. The molecule has 0 amide bonds. The van der Waals surface area contributed by atoms with Crippen molar-refractivity contribution in [3.63, 3.8) is 0 Å². The highest BCUT2D eigenvalue weighted by molar-refractivity contribution is 6.30. The predicted octanol–water partition coefficient (Wildman–Crippen LogP) is 3.84. The number of nitrogens with two attached hydrogens (primary N) is 1. The molecule has 0 atom stereocenters. The topological polar surface area (TPSA) is 26.0 Å². The molecule has 0 bridgehead atoms. The number of alkyl halides is 6. The summed E-state index contributed by atoms with van der Waals surface area (Å²) in [7, 11) is 0. The van der Waals surface area contributed by atoms with Gasteiger partial charge in [-0.05, 0) is 17.7 Å². The van der Waals surface area contributed by atoms with Crippen LogP contribution in [0.25, 0.3) is 0 Å². The van der Waals surface area contributed by atoms with Crippen molar-refractivity contribution in [1.82, 2.24) is 0 Å². The highest BCUT2D eigenvalue weighted by Gasteiger charge is 2.44. The fourth-order valence-electron chi connectivity index (χ4n) is 1.38. The minimum absolute atomic E-state index is 0.240. The van der Waals surface area contributed by atoms with Gasteiger partial charge in [0.25, 0.3) is 0 Å². The van der Waals surface area contributed by atoms with Crippen molar-refractivity contribution in [2.45, 2.75) is 18.9 Å². The highest BCUT2D eigenvalue weighted by Crippen LogP contribution is 2.43. The van der Waals surface area contributed by atoms with E-state index in [0.717, 1.165) is 6.07 Å². The van der Waals surface area contributed by atoms with Crippen molar-refractivity contribution in [3.05, 3.63) is 33.8 Å². The van der Waals surface area contributed by atoms with Gasteiger partial charge in [0.2, 0.25) is 0 Å². The SMILES string of the molecule is NCc1cc(Cl)cc(C(F)(F)F)c1C(F)(F)F. The van der Waals surface area contributed by atoms with Gasteiger partial charge in [-0.15, -0.1) is 0 Å². The van der Waals surface area contributed by atoms with Crippen molar-refractivity contribution in [2.24, 2.45) is 5.73 Å². The van der Waals surface area contributed by atoms with E-state index in [1.807, 2.05) is 0 Å². The lowest BCUT2D eigenvalue weighted by molar-refractivity contribution is -0.162. The number of halogens is 7. The Balaban J connectivity index is 3.63. The lowest BCUT2D eigenvalue weighted by atomic mass is 10.00. The van der Waals surface area contributed by atoms with Crippen molar-refractivity contribution < 1.29 is 26.3 Å². The predicted molar refractivity (Wildman–Crippen MR) is 49.3 cm³/mol. The Morgan fingerprint density at radius 2 is 1.53 bits per heavy atom. The summed E-state index contributed by atoms with van der Waals surface area (Å²) in [6, 6.07) is 1.02. The van der Waals surface area contributed by atoms with Gasteiger partial charge in [-0.1, -0.05) is 11.6 Å². The molecule has 1 nitrogen and oxygen atoms in total. The van der Waals surface area contributed by atoms with Crippen LogP contribution in [-0.2, 0) is 18.9 Å². The molecule has 17 heavy (non-hydrogen) atoms. The minimum Gasteiger partial charge on any atom is -0.326 e. The van der Waals surface area contributed by atoms with Gasteiger partial charge >= 0.3 is 12.4 Å².